The first-order valence-electron chi connectivity index (χ1n) is 7.67. The number of hydrogen-bond acceptors (Lipinski definition) is 5. The molecule has 0 unspecified atom stereocenters. The zero-order valence-corrected chi connectivity index (χ0v) is 12.6. The van der Waals surface area contributed by atoms with Gasteiger partial charge >= 0.3 is 0 Å². The maximum atomic E-state index is 12.3. The molecular formula is C15H22N4O2. The Labute approximate surface area is 124 Å². The lowest BCUT2D eigenvalue weighted by Crippen LogP contribution is -2.46. The van der Waals surface area contributed by atoms with Crippen molar-refractivity contribution in [3.63, 3.8) is 0 Å². The molecule has 1 amide bonds. The Kier molecular flexibility index (Phi) is 4.05. The van der Waals surface area contributed by atoms with Crippen LogP contribution in [0.1, 0.15) is 50.2 Å². The van der Waals surface area contributed by atoms with Gasteiger partial charge < -0.3 is 9.42 Å². The Morgan fingerprint density at radius 3 is 2.76 bits per heavy atom. The van der Waals surface area contributed by atoms with E-state index in [4.69, 9.17) is 4.52 Å². The van der Waals surface area contributed by atoms with E-state index in [0.717, 1.165) is 44.2 Å². The predicted molar refractivity (Wildman–Crippen MR) is 77.9 cm³/mol. The molecule has 0 radical (unpaired) electrons. The Hall–Kier alpha value is -1.69. The molecule has 21 heavy (non-hydrogen) atoms. The molecule has 1 N–H and O–H groups in total. The summed E-state index contributed by atoms with van der Waals surface area (Å²) >= 11 is 0. The Bertz CT molecular complexity index is 530. The van der Waals surface area contributed by atoms with Gasteiger partial charge in [0.05, 0.1) is 0 Å². The largest absolute Gasteiger partial charge is 0.341 e. The summed E-state index contributed by atoms with van der Waals surface area (Å²) in [6.07, 6.45) is 5.73. The number of piperidine rings is 1. The van der Waals surface area contributed by atoms with Crippen molar-refractivity contribution in [3.8, 4) is 0 Å². The first kappa shape index (κ1) is 14.3. The lowest BCUT2D eigenvalue weighted by atomic mass is 9.96. The minimum atomic E-state index is -0.141. The van der Waals surface area contributed by atoms with Crippen LogP contribution in [0.5, 0.6) is 0 Å². The van der Waals surface area contributed by atoms with Gasteiger partial charge in [0.1, 0.15) is 6.04 Å². The van der Waals surface area contributed by atoms with Crippen LogP contribution in [0.25, 0.3) is 0 Å². The van der Waals surface area contributed by atoms with Crippen molar-refractivity contribution >= 4 is 5.91 Å². The van der Waals surface area contributed by atoms with Crippen molar-refractivity contribution in [2.24, 2.45) is 0 Å². The first-order chi connectivity index (χ1) is 10.1. The molecular weight excluding hydrogens is 268 g/mol. The van der Waals surface area contributed by atoms with E-state index < -0.39 is 0 Å². The highest BCUT2D eigenvalue weighted by Crippen LogP contribution is 2.28. The first-order valence-corrected chi connectivity index (χ1v) is 7.67. The second-order valence-corrected chi connectivity index (χ2v) is 6.06. The molecule has 0 aromatic carbocycles. The highest BCUT2D eigenvalue weighted by molar-refractivity contribution is 5.84. The maximum Gasteiger partial charge on any atom is 0.243 e. The summed E-state index contributed by atoms with van der Waals surface area (Å²) in [6, 6.07) is -0.141. The van der Waals surface area contributed by atoms with Crippen LogP contribution in [0.4, 0.5) is 0 Å². The number of hydrogen-bond donors (Lipinski definition) is 1. The molecule has 0 saturated carbocycles. The molecule has 1 aromatic heterocycles. The van der Waals surface area contributed by atoms with E-state index in [1.54, 1.807) is 0 Å². The van der Waals surface area contributed by atoms with Crippen molar-refractivity contribution in [1.82, 2.24) is 20.4 Å². The monoisotopic (exact) mass is 290 g/mol. The molecule has 6 heteroatoms. The molecule has 1 fully saturated rings. The second-order valence-electron chi connectivity index (χ2n) is 6.06. The minimum absolute atomic E-state index is 0.141. The number of aromatic nitrogens is 2. The summed E-state index contributed by atoms with van der Waals surface area (Å²) < 4.78 is 5.37. The van der Waals surface area contributed by atoms with Crippen molar-refractivity contribution in [2.45, 2.75) is 44.6 Å². The summed E-state index contributed by atoms with van der Waals surface area (Å²) in [5, 5.41) is 7.19. The summed E-state index contributed by atoms with van der Waals surface area (Å²) in [7, 11) is 0. The molecule has 2 aliphatic rings. The third-order valence-electron chi connectivity index (χ3n) is 4.18. The van der Waals surface area contributed by atoms with E-state index in [0.29, 0.717) is 0 Å². The van der Waals surface area contributed by atoms with Gasteiger partial charge in [-0.25, -0.2) is 0 Å². The number of likely N-dealkylation sites (tertiary alicyclic amines) is 1. The maximum absolute atomic E-state index is 12.3. The third-order valence-corrected chi connectivity index (χ3v) is 4.18. The molecule has 1 aromatic rings. The van der Waals surface area contributed by atoms with E-state index in [-0.39, 0.29) is 23.8 Å². The van der Waals surface area contributed by atoms with Crippen molar-refractivity contribution in [1.29, 1.82) is 0 Å². The number of nitrogens with one attached hydrogen (secondary N) is 1. The SMILES string of the molecule is CC(C)c1noc(C2CCN(C(=O)[C@H]3C=CCN3)CC2)n1. The normalized spacial score (nSPS) is 23.2. The molecule has 1 saturated heterocycles. The molecule has 6 nitrogen and oxygen atoms in total. The van der Waals surface area contributed by atoms with Gasteiger partial charge in [0.25, 0.3) is 0 Å². The van der Waals surface area contributed by atoms with Crippen LogP contribution in [-0.4, -0.2) is 46.6 Å². The average Bonchev–Trinajstić information content (AvgIpc) is 3.18. The fraction of sp³-hybridized carbons (Fsp3) is 0.667. The van der Waals surface area contributed by atoms with Gasteiger partial charge in [0, 0.05) is 31.5 Å². The molecule has 3 rings (SSSR count). The lowest BCUT2D eigenvalue weighted by molar-refractivity contribution is -0.133. The average molecular weight is 290 g/mol. The lowest BCUT2D eigenvalue weighted by Gasteiger charge is -2.31. The van der Waals surface area contributed by atoms with Crippen LogP contribution in [-0.2, 0) is 4.79 Å². The minimum Gasteiger partial charge on any atom is -0.341 e. The fourth-order valence-electron chi connectivity index (χ4n) is 2.83. The van der Waals surface area contributed by atoms with Crippen LogP contribution in [0.15, 0.2) is 16.7 Å². The standard InChI is InChI=1S/C15H22N4O2/c1-10(2)13-17-14(21-18-13)11-5-8-19(9-6-11)15(20)12-4-3-7-16-12/h3-4,10-12,16H,5-9H2,1-2H3/t12-/m1/s1. The van der Waals surface area contributed by atoms with E-state index >= 15 is 0 Å². The zero-order valence-electron chi connectivity index (χ0n) is 12.6. The van der Waals surface area contributed by atoms with Gasteiger partial charge in [-0.15, -0.1) is 0 Å². The van der Waals surface area contributed by atoms with Gasteiger partial charge in [-0.1, -0.05) is 31.2 Å². The van der Waals surface area contributed by atoms with Crippen LogP contribution >= 0.6 is 0 Å². The van der Waals surface area contributed by atoms with E-state index in [9.17, 15) is 4.79 Å². The molecule has 0 bridgehead atoms. The summed E-state index contributed by atoms with van der Waals surface area (Å²) in [4.78, 5) is 18.7. The van der Waals surface area contributed by atoms with Crippen molar-refractivity contribution < 1.29 is 9.32 Å². The number of carbonyl (C=O) groups excluding carboxylic acids is 1. The van der Waals surface area contributed by atoms with Gasteiger partial charge in [-0.2, -0.15) is 4.98 Å². The Balaban J connectivity index is 1.57. The fourth-order valence-corrected chi connectivity index (χ4v) is 2.83. The molecule has 1 atom stereocenters. The summed E-state index contributed by atoms with van der Waals surface area (Å²) in [5.74, 6) is 2.23. The molecule has 2 aliphatic heterocycles. The number of rotatable bonds is 3. The van der Waals surface area contributed by atoms with Crippen molar-refractivity contribution in [3.05, 3.63) is 23.9 Å². The second kappa shape index (κ2) is 5.97. The van der Waals surface area contributed by atoms with Gasteiger partial charge in [0.2, 0.25) is 11.8 Å². The van der Waals surface area contributed by atoms with Gasteiger partial charge in [0.15, 0.2) is 5.82 Å². The smallest absolute Gasteiger partial charge is 0.243 e. The summed E-state index contributed by atoms with van der Waals surface area (Å²) in [6.45, 7) is 6.41. The number of amides is 1. The molecule has 3 heterocycles. The summed E-state index contributed by atoms with van der Waals surface area (Å²) in [5.41, 5.74) is 0. The van der Waals surface area contributed by atoms with E-state index in [1.807, 2.05) is 17.1 Å². The molecule has 0 spiro atoms. The number of nitrogens with zero attached hydrogens (tertiary/aromatic N) is 3. The quantitative estimate of drug-likeness (QED) is 0.853. The number of carbonyl (C=O) groups is 1. The molecule has 114 valence electrons. The zero-order chi connectivity index (χ0) is 14.8. The highest BCUT2D eigenvalue weighted by atomic mass is 16.5. The van der Waals surface area contributed by atoms with E-state index in [2.05, 4.69) is 29.3 Å². The van der Waals surface area contributed by atoms with Crippen molar-refractivity contribution in [2.75, 3.05) is 19.6 Å². The van der Waals surface area contributed by atoms with Gasteiger partial charge in [-0.05, 0) is 12.8 Å². The highest BCUT2D eigenvalue weighted by Gasteiger charge is 2.30. The van der Waals surface area contributed by atoms with Crippen LogP contribution < -0.4 is 5.32 Å². The van der Waals surface area contributed by atoms with Crippen LogP contribution in [0.3, 0.4) is 0 Å². The topological polar surface area (TPSA) is 71.3 Å². The van der Waals surface area contributed by atoms with Crippen LogP contribution in [0.2, 0.25) is 0 Å². The predicted octanol–water partition coefficient (Wildman–Crippen LogP) is 1.43. The molecule has 0 aliphatic carbocycles. The van der Waals surface area contributed by atoms with E-state index in [1.165, 1.54) is 0 Å². The third kappa shape index (κ3) is 3.00. The Morgan fingerprint density at radius 1 is 1.43 bits per heavy atom. The van der Waals surface area contributed by atoms with Crippen LogP contribution in [0, 0.1) is 0 Å². The Morgan fingerprint density at radius 2 is 2.19 bits per heavy atom. The van der Waals surface area contributed by atoms with Gasteiger partial charge in [-0.3, -0.25) is 10.1 Å².